The van der Waals surface area contributed by atoms with E-state index in [1.54, 1.807) is 0 Å². The minimum atomic E-state index is -1.96. The number of aromatic nitrogens is 4. The lowest BCUT2D eigenvalue weighted by molar-refractivity contribution is -0.149. The molecule has 2 heterocycles. The number of carboxylic acids is 1. The number of nitrogens with zero attached hydrogens (tertiary/aromatic N) is 4. The summed E-state index contributed by atoms with van der Waals surface area (Å²) >= 11 is 0. The summed E-state index contributed by atoms with van der Waals surface area (Å²) in [6.07, 6.45) is 4.31. The predicted octanol–water partition coefficient (Wildman–Crippen LogP) is -0.882. The third kappa shape index (κ3) is 3.29. The van der Waals surface area contributed by atoms with Crippen LogP contribution in [0.1, 0.15) is 12.1 Å². The largest absolute Gasteiger partial charge is 0.480 e. The van der Waals surface area contributed by atoms with E-state index in [4.69, 9.17) is 5.73 Å². The van der Waals surface area contributed by atoms with E-state index in [1.807, 2.05) is 0 Å². The molecule has 27 heavy (non-hydrogen) atoms. The Balaban J connectivity index is 1.78. The highest BCUT2D eigenvalue weighted by Crippen LogP contribution is 2.32. The van der Waals surface area contributed by atoms with Gasteiger partial charge in [-0.2, -0.15) is 9.89 Å². The SMILES string of the molecule is Nc1nc2ncc(CNC3C=CC(C=O)(C(=O)O)C(N=O)C3)nc2c(=O)[nH]1. The van der Waals surface area contributed by atoms with Crippen molar-refractivity contribution in [3.05, 3.63) is 39.3 Å². The van der Waals surface area contributed by atoms with Crippen LogP contribution in [-0.4, -0.2) is 49.4 Å². The third-order valence-electron chi connectivity index (χ3n) is 4.36. The molecule has 0 saturated heterocycles. The first-order valence-electron chi connectivity index (χ1n) is 7.86. The maximum absolute atomic E-state index is 11.9. The summed E-state index contributed by atoms with van der Waals surface area (Å²) in [5.74, 6) is -1.49. The zero-order valence-corrected chi connectivity index (χ0v) is 13.8. The zero-order valence-electron chi connectivity index (χ0n) is 13.8. The Labute approximate surface area is 150 Å². The van der Waals surface area contributed by atoms with Crippen LogP contribution in [0.2, 0.25) is 0 Å². The van der Waals surface area contributed by atoms with Gasteiger partial charge in [0.05, 0.1) is 11.9 Å². The van der Waals surface area contributed by atoms with Crippen molar-refractivity contribution >= 4 is 29.4 Å². The summed E-state index contributed by atoms with van der Waals surface area (Å²) in [6.45, 7) is 0.175. The monoisotopic (exact) mass is 373 g/mol. The number of nitroso groups, excluding NO2 is 1. The molecule has 12 heteroatoms. The summed E-state index contributed by atoms with van der Waals surface area (Å²) in [4.78, 5) is 59.9. The number of anilines is 1. The van der Waals surface area contributed by atoms with Gasteiger partial charge in [0.1, 0.15) is 12.3 Å². The van der Waals surface area contributed by atoms with Gasteiger partial charge in [0.2, 0.25) is 5.95 Å². The van der Waals surface area contributed by atoms with Crippen LogP contribution >= 0.6 is 0 Å². The topological polar surface area (TPSA) is 193 Å². The second-order valence-corrected chi connectivity index (χ2v) is 6.04. The standard InChI is InChI=1S/C15H15N7O5/c16-14-20-11-10(12(24)21-14)19-8(5-18-11)4-17-7-1-2-15(6-23,13(25)26)9(3-7)22-27/h1-2,5-7,9,17H,3-4H2,(H,25,26)(H3,16,18,20,21,24). The molecule has 0 fully saturated rings. The van der Waals surface area contributed by atoms with E-state index in [0.717, 1.165) is 0 Å². The van der Waals surface area contributed by atoms with Crippen LogP contribution in [0.25, 0.3) is 11.2 Å². The van der Waals surface area contributed by atoms with Crippen LogP contribution in [-0.2, 0) is 16.1 Å². The van der Waals surface area contributed by atoms with E-state index in [1.165, 1.54) is 18.3 Å². The molecule has 12 nitrogen and oxygen atoms in total. The first-order valence-corrected chi connectivity index (χ1v) is 7.86. The number of H-pyrrole nitrogens is 1. The highest BCUT2D eigenvalue weighted by atomic mass is 16.4. The number of nitrogen functional groups attached to an aromatic ring is 1. The summed E-state index contributed by atoms with van der Waals surface area (Å²) in [5, 5.41) is 15.1. The lowest BCUT2D eigenvalue weighted by atomic mass is 9.75. The summed E-state index contributed by atoms with van der Waals surface area (Å²) < 4.78 is 0. The Hall–Kier alpha value is -3.54. The fourth-order valence-corrected chi connectivity index (χ4v) is 2.86. The molecule has 3 unspecified atom stereocenters. The molecule has 2 aromatic rings. The Morgan fingerprint density at radius 3 is 2.96 bits per heavy atom. The molecule has 0 aliphatic heterocycles. The van der Waals surface area contributed by atoms with Gasteiger partial charge in [0.25, 0.3) is 5.56 Å². The van der Waals surface area contributed by atoms with Crippen LogP contribution < -0.4 is 16.6 Å². The van der Waals surface area contributed by atoms with Crippen molar-refractivity contribution in [2.45, 2.75) is 25.0 Å². The second kappa shape index (κ2) is 6.99. The van der Waals surface area contributed by atoms with E-state index in [0.29, 0.717) is 5.69 Å². The van der Waals surface area contributed by atoms with Gasteiger partial charge in [0.15, 0.2) is 16.6 Å². The van der Waals surface area contributed by atoms with Gasteiger partial charge in [-0.05, 0) is 6.42 Å². The van der Waals surface area contributed by atoms with Crippen molar-refractivity contribution in [1.82, 2.24) is 25.3 Å². The predicted molar refractivity (Wildman–Crippen MR) is 92.5 cm³/mol. The molecular formula is C15H15N7O5. The fraction of sp³-hybridized carbons (Fsp3) is 0.333. The first-order chi connectivity index (χ1) is 12.9. The van der Waals surface area contributed by atoms with Crippen molar-refractivity contribution in [3.63, 3.8) is 0 Å². The smallest absolute Gasteiger partial charge is 0.323 e. The van der Waals surface area contributed by atoms with Crippen LogP contribution in [0.5, 0.6) is 0 Å². The van der Waals surface area contributed by atoms with Gasteiger partial charge in [0, 0.05) is 12.6 Å². The number of nitrogens with two attached hydrogens (primary N) is 1. The molecule has 1 aliphatic rings. The molecule has 0 aromatic carbocycles. The van der Waals surface area contributed by atoms with Crippen molar-refractivity contribution in [3.8, 4) is 0 Å². The number of aldehydes is 1. The zero-order chi connectivity index (χ0) is 19.6. The van der Waals surface area contributed by atoms with E-state index < -0.39 is 29.0 Å². The number of carboxylic acid groups (broad SMARTS) is 1. The summed E-state index contributed by atoms with van der Waals surface area (Å²) in [6, 6.07) is -1.66. The molecule has 3 atom stereocenters. The number of aromatic amines is 1. The van der Waals surface area contributed by atoms with E-state index >= 15 is 0 Å². The van der Waals surface area contributed by atoms with E-state index in [2.05, 4.69) is 30.4 Å². The number of aliphatic carboxylic acids is 1. The van der Waals surface area contributed by atoms with Crippen molar-refractivity contribution < 1.29 is 14.7 Å². The van der Waals surface area contributed by atoms with Gasteiger partial charge < -0.3 is 21.0 Å². The van der Waals surface area contributed by atoms with Crippen LogP contribution in [0.4, 0.5) is 5.95 Å². The normalized spacial score (nSPS) is 24.6. The third-order valence-corrected chi connectivity index (χ3v) is 4.36. The Morgan fingerprint density at radius 2 is 2.30 bits per heavy atom. The van der Waals surface area contributed by atoms with Gasteiger partial charge in [-0.15, -0.1) is 0 Å². The van der Waals surface area contributed by atoms with Crippen molar-refractivity contribution in [1.29, 1.82) is 0 Å². The number of rotatable bonds is 6. The van der Waals surface area contributed by atoms with E-state index in [9.17, 15) is 24.4 Å². The average molecular weight is 373 g/mol. The van der Waals surface area contributed by atoms with Crippen LogP contribution in [0.3, 0.4) is 0 Å². The molecule has 140 valence electrons. The van der Waals surface area contributed by atoms with Gasteiger partial charge in [-0.25, -0.2) is 9.97 Å². The molecule has 0 spiro atoms. The Bertz CT molecular complexity index is 1000. The van der Waals surface area contributed by atoms with Crippen molar-refractivity contribution in [2.24, 2.45) is 10.6 Å². The minimum Gasteiger partial charge on any atom is -0.480 e. The molecule has 0 bridgehead atoms. The summed E-state index contributed by atoms with van der Waals surface area (Å²) in [7, 11) is 0. The first kappa shape index (κ1) is 18.3. The maximum Gasteiger partial charge on any atom is 0.323 e. The molecule has 0 radical (unpaired) electrons. The molecular weight excluding hydrogens is 358 g/mol. The molecule has 0 amide bonds. The number of fused-ring (bicyclic) bond motifs is 1. The number of nitrogens with one attached hydrogen (secondary N) is 2. The Kier molecular flexibility index (Phi) is 4.73. The van der Waals surface area contributed by atoms with E-state index in [-0.39, 0.29) is 36.4 Å². The lowest BCUT2D eigenvalue weighted by Gasteiger charge is -2.31. The number of hydrogen-bond acceptors (Lipinski definition) is 10. The fourth-order valence-electron chi connectivity index (χ4n) is 2.86. The van der Waals surface area contributed by atoms with Crippen LogP contribution in [0, 0.1) is 10.3 Å². The molecule has 1 aliphatic carbocycles. The quantitative estimate of drug-likeness (QED) is 0.214. The van der Waals surface area contributed by atoms with Gasteiger partial charge in [-0.3, -0.25) is 14.6 Å². The number of carbonyl (C=O) groups is 2. The molecule has 3 rings (SSSR count). The second-order valence-electron chi connectivity index (χ2n) is 6.04. The Morgan fingerprint density at radius 1 is 1.52 bits per heavy atom. The minimum absolute atomic E-state index is 0.0186. The lowest BCUT2D eigenvalue weighted by Crippen LogP contribution is -2.48. The number of hydrogen-bond donors (Lipinski definition) is 4. The van der Waals surface area contributed by atoms with Gasteiger partial charge in [-0.1, -0.05) is 17.3 Å². The number of carbonyl (C=O) groups excluding carboxylic acids is 1. The van der Waals surface area contributed by atoms with Crippen LogP contribution in [0.15, 0.2) is 28.3 Å². The highest BCUT2D eigenvalue weighted by Gasteiger charge is 2.48. The highest BCUT2D eigenvalue weighted by molar-refractivity contribution is 5.96. The van der Waals surface area contributed by atoms with Gasteiger partial charge >= 0.3 is 5.97 Å². The average Bonchev–Trinajstić information content (AvgIpc) is 2.66. The molecule has 5 N–H and O–H groups in total. The van der Waals surface area contributed by atoms with Crippen molar-refractivity contribution in [2.75, 3.05) is 5.73 Å². The molecule has 0 saturated carbocycles. The maximum atomic E-state index is 11.9. The molecule has 2 aromatic heterocycles. The summed E-state index contributed by atoms with van der Waals surface area (Å²) in [5.41, 5.74) is 3.53.